The summed E-state index contributed by atoms with van der Waals surface area (Å²) in [7, 11) is 0. The third-order valence-electron chi connectivity index (χ3n) is 5.84. The number of nitrogens with zero attached hydrogens (tertiary/aromatic N) is 2. The number of likely N-dealkylation sites (tertiary alicyclic amines) is 2. The number of piperidine rings is 1. The van der Waals surface area contributed by atoms with Crippen LogP contribution in [0.1, 0.15) is 45.6 Å². The average Bonchev–Trinajstić information content (AvgIpc) is 3.09. The lowest BCUT2D eigenvalue weighted by atomic mass is 9.94. The molecule has 7 heteroatoms. The van der Waals surface area contributed by atoms with Crippen LogP contribution in [0, 0.1) is 11.8 Å². The molecule has 3 rings (SSSR count). The fraction of sp³-hybridized carbons (Fsp3) is 0.591. The van der Waals surface area contributed by atoms with Crippen molar-refractivity contribution in [1.82, 2.24) is 15.1 Å². The molecule has 0 spiro atoms. The van der Waals surface area contributed by atoms with Gasteiger partial charge in [-0.3, -0.25) is 14.4 Å². The number of hydrogen-bond donors (Lipinski definition) is 1. The Kier molecular flexibility index (Phi) is 6.52. The van der Waals surface area contributed by atoms with Gasteiger partial charge in [-0.15, -0.1) is 0 Å². The van der Waals surface area contributed by atoms with E-state index in [-0.39, 0.29) is 41.5 Å². The molecule has 2 heterocycles. The Morgan fingerprint density at radius 1 is 1.10 bits per heavy atom. The minimum atomic E-state index is -0.267. The Balaban J connectivity index is 1.46. The first-order chi connectivity index (χ1) is 13.6. The molecule has 1 aromatic rings. The lowest BCUT2D eigenvalue weighted by Crippen LogP contribution is -2.46. The van der Waals surface area contributed by atoms with E-state index in [1.54, 1.807) is 4.90 Å². The van der Waals surface area contributed by atoms with E-state index in [0.29, 0.717) is 44.0 Å². The molecule has 2 aliphatic heterocycles. The fourth-order valence-electron chi connectivity index (χ4n) is 4.08. The molecule has 1 atom stereocenters. The number of benzene rings is 1. The summed E-state index contributed by atoms with van der Waals surface area (Å²) in [6.07, 6.45) is 1.60. The molecule has 1 aromatic carbocycles. The summed E-state index contributed by atoms with van der Waals surface area (Å²) in [5.74, 6) is -0.223. The maximum Gasteiger partial charge on any atom is 0.227 e. The lowest BCUT2D eigenvalue weighted by molar-refractivity contribution is -0.139. The number of carbonyl (C=O) groups excluding carboxylic acids is 3. The third kappa shape index (κ3) is 5.30. The number of nitrogens with one attached hydrogen (secondary N) is 1. The molecule has 1 unspecified atom stereocenters. The van der Waals surface area contributed by atoms with E-state index in [2.05, 4.69) is 5.32 Å². The van der Waals surface area contributed by atoms with Gasteiger partial charge in [0.2, 0.25) is 17.7 Å². The Bertz CT molecular complexity index is 765. The Morgan fingerprint density at radius 2 is 1.72 bits per heavy atom. The van der Waals surface area contributed by atoms with Gasteiger partial charge in [-0.2, -0.15) is 0 Å². The molecule has 1 N–H and O–H groups in total. The first kappa shape index (κ1) is 21.6. The van der Waals surface area contributed by atoms with Crippen LogP contribution in [0.2, 0.25) is 5.02 Å². The van der Waals surface area contributed by atoms with Crippen LogP contribution in [0.25, 0.3) is 0 Å². The van der Waals surface area contributed by atoms with E-state index in [9.17, 15) is 14.4 Å². The number of carbonyl (C=O) groups is 3. The average molecular weight is 420 g/mol. The van der Waals surface area contributed by atoms with Gasteiger partial charge in [0.25, 0.3) is 0 Å². The zero-order valence-electron chi connectivity index (χ0n) is 17.4. The van der Waals surface area contributed by atoms with Crippen LogP contribution in [-0.4, -0.2) is 52.7 Å². The quantitative estimate of drug-likeness (QED) is 0.815. The topological polar surface area (TPSA) is 69.7 Å². The van der Waals surface area contributed by atoms with Crippen molar-refractivity contribution in [1.29, 1.82) is 0 Å². The highest BCUT2D eigenvalue weighted by atomic mass is 35.5. The molecule has 3 amide bonds. The van der Waals surface area contributed by atoms with Crippen LogP contribution in [0.5, 0.6) is 0 Å². The van der Waals surface area contributed by atoms with Crippen LogP contribution in [0.15, 0.2) is 24.3 Å². The van der Waals surface area contributed by atoms with Crippen LogP contribution < -0.4 is 5.32 Å². The monoisotopic (exact) mass is 419 g/mol. The summed E-state index contributed by atoms with van der Waals surface area (Å²) >= 11 is 5.88. The fourth-order valence-corrected chi connectivity index (χ4v) is 4.20. The Labute approximate surface area is 177 Å². The van der Waals surface area contributed by atoms with Crippen molar-refractivity contribution in [3.05, 3.63) is 34.9 Å². The normalized spacial score (nSPS) is 20.8. The summed E-state index contributed by atoms with van der Waals surface area (Å²) in [6, 6.07) is 7.41. The summed E-state index contributed by atoms with van der Waals surface area (Å²) in [6.45, 7) is 8.07. The van der Waals surface area contributed by atoms with Crippen molar-refractivity contribution in [2.45, 2.75) is 52.1 Å². The zero-order chi connectivity index (χ0) is 21.2. The largest absolute Gasteiger partial charge is 0.352 e. The van der Waals surface area contributed by atoms with Crippen LogP contribution in [0.3, 0.4) is 0 Å². The summed E-state index contributed by atoms with van der Waals surface area (Å²) in [5.41, 5.74) is 0.742. The maximum absolute atomic E-state index is 12.9. The molecule has 0 saturated carbocycles. The van der Waals surface area contributed by atoms with E-state index in [0.717, 1.165) is 5.56 Å². The summed E-state index contributed by atoms with van der Waals surface area (Å²) in [5, 5.41) is 3.65. The van der Waals surface area contributed by atoms with Crippen LogP contribution in [-0.2, 0) is 20.9 Å². The first-order valence-electron chi connectivity index (χ1n) is 10.3. The second-order valence-electron chi connectivity index (χ2n) is 9.02. The van der Waals surface area contributed by atoms with Crippen LogP contribution >= 0.6 is 11.6 Å². The highest BCUT2D eigenvalue weighted by Crippen LogP contribution is 2.28. The van der Waals surface area contributed by atoms with Gasteiger partial charge < -0.3 is 15.1 Å². The molecule has 0 radical (unpaired) electrons. The highest BCUT2D eigenvalue weighted by molar-refractivity contribution is 6.30. The smallest absolute Gasteiger partial charge is 0.227 e. The SMILES string of the molecule is CC(C)(C)N1CC(C(=O)N2CCC(C(=O)NCc3ccc(Cl)cc3)CC2)CC1=O. The molecule has 6 nitrogen and oxygen atoms in total. The lowest BCUT2D eigenvalue weighted by Gasteiger charge is -2.34. The third-order valence-corrected chi connectivity index (χ3v) is 6.09. The van der Waals surface area contributed by atoms with Gasteiger partial charge in [0.1, 0.15) is 0 Å². The molecule has 2 saturated heterocycles. The van der Waals surface area contributed by atoms with E-state index >= 15 is 0 Å². The van der Waals surface area contributed by atoms with Gasteiger partial charge in [-0.1, -0.05) is 23.7 Å². The molecule has 2 fully saturated rings. The van der Waals surface area contributed by atoms with E-state index < -0.39 is 0 Å². The maximum atomic E-state index is 12.9. The minimum Gasteiger partial charge on any atom is -0.352 e. The second kappa shape index (κ2) is 8.74. The molecule has 0 bridgehead atoms. The number of hydrogen-bond acceptors (Lipinski definition) is 3. The molecule has 29 heavy (non-hydrogen) atoms. The zero-order valence-corrected chi connectivity index (χ0v) is 18.2. The standard InChI is InChI=1S/C22H30ClN3O3/c1-22(2,3)26-14-17(12-19(26)27)21(29)25-10-8-16(9-11-25)20(28)24-13-15-4-6-18(23)7-5-15/h4-7,16-17H,8-14H2,1-3H3,(H,24,28). The van der Waals surface area contributed by atoms with Gasteiger partial charge in [0, 0.05) is 49.1 Å². The molecule has 0 aliphatic carbocycles. The van der Waals surface area contributed by atoms with Gasteiger partial charge >= 0.3 is 0 Å². The number of rotatable bonds is 4. The first-order valence-corrected chi connectivity index (χ1v) is 10.6. The molecule has 158 valence electrons. The van der Waals surface area contributed by atoms with Crippen LogP contribution in [0.4, 0.5) is 0 Å². The summed E-state index contributed by atoms with van der Waals surface area (Å²) < 4.78 is 0. The molecular formula is C22H30ClN3O3. The Morgan fingerprint density at radius 3 is 2.28 bits per heavy atom. The Hall–Kier alpha value is -2.08. The van der Waals surface area contributed by atoms with Gasteiger partial charge in [0.05, 0.1) is 5.92 Å². The number of halogens is 1. The van der Waals surface area contributed by atoms with Crippen molar-refractivity contribution < 1.29 is 14.4 Å². The molecule has 2 aliphatic rings. The molecular weight excluding hydrogens is 390 g/mol. The van der Waals surface area contributed by atoms with Crippen molar-refractivity contribution in [3.63, 3.8) is 0 Å². The summed E-state index contributed by atoms with van der Waals surface area (Å²) in [4.78, 5) is 41.2. The van der Waals surface area contributed by atoms with Crippen molar-refractivity contribution >= 4 is 29.3 Å². The highest BCUT2D eigenvalue weighted by Gasteiger charge is 2.41. The second-order valence-corrected chi connectivity index (χ2v) is 9.46. The van der Waals surface area contributed by atoms with Gasteiger partial charge in [0.15, 0.2) is 0 Å². The van der Waals surface area contributed by atoms with E-state index in [1.807, 2.05) is 49.9 Å². The number of amides is 3. The van der Waals surface area contributed by atoms with Gasteiger partial charge in [-0.05, 0) is 51.3 Å². The predicted octanol–water partition coefficient (Wildman–Crippen LogP) is 2.84. The van der Waals surface area contributed by atoms with E-state index in [1.165, 1.54) is 0 Å². The minimum absolute atomic E-state index is 0.0296. The van der Waals surface area contributed by atoms with Crippen molar-refractivity contribution in [2.75, 3.05) is 19.6 Å². The molecule has 0 aromatic heterocycles. The van der Waals surface area contributed by atoms with E-state index in [4.69, 9.17) is 11.6 Å². The van der Waals surface area contributed by atoms with Crippen molar-refractivity contribution in [3.8, 4) is 0 Å². The van der Waals surface area contributed by atoms with Crippen molar-refractivity contribution in [2.24, 2.45) is 11.8 Å². The van der Waals surface area contributed by atoms with Gasteiger partial charge in [-0.25, -0.2) is 0 Å². The predicted molar refractivity (Wildman–Crippen MR) is 112 cm³/mol.